The average molecular weight is 300 g/mol. The van der Waals surface area contributed by atoms with Gasteiger partial charge in [-0.15, -0.1) is 22.9 Å². The molecule has 0 N–H and O–H groups in total. The zero-order valence-electron chi connectivity index (χ0n) is 10.9. The molecule has 0 bridgehead atoms. The lowest BCUT2D eigenvalue weighted by molar-refractivity contribution is 0.955. The second-order valence-corrected chi connectivity index (χ2v) is 5.97. The number of halogens is 1. The van der Waals surface area contributed by atoms with E-state index in [9.17, 15) is 0 Å². The third-order valence-electron chi connectivity index (χ3n) is 3.22. The largest absolute Gasteiger partial charge is 0.248 e. The average Bonchev–Trinajstić information content (AvgIpc) is 2.98. The molecule has 0 aliphatic heterocycles. The summed E-state index contributed by atoms with van der Waals surface area (Å²) in [7, 11) is 0. The van der Waals surface area contributed by atoms with E-state index in [1.807, 2.05) is 18.3 Å². The smallest absolute Gasteiger partial charge is 0.105 e. The SMILES string of the molecule is ClCc1cnc(C(c2ccccc2)c2ccccc2)s1. The summed E-state index contributed by atoms with van der Waals surface area (Å²) in [4.78, 5) is 5.68. The molecule has 1 aromatic heterocycles. The molecule has 0 saturated carbocycles. The quantitative estimate of drug-likeness (QED) is 0.613. The first-order valence-electron chi connectivity index (χ1n) is 6.49. The Morgan fingerprint density at radius 1 is 0.900 bits per heavy atom. The van der Waals surface area contributed by atoms with E-state index in [1.54, 1.807) is 11.3 Å². The van der Waals surface area contributed by atoms with Gasteiger partial charge in [0.1, 0.15) is 5.01 Å². The third kappa shape index (κ3) is 2.77. The van der Waals surface area contributed by atoms with Crippen LogP contribution in [0, 0.1) is 0 Å². The lowest BCUT2D eigenvalue weighted by atomic mass is 9.92. The van der Waals surface area contributed by atoms with E-state index in [0.717, 1.165) is 9.88 Å². The number of benzene rings is 2. The van der Waals surface area contributed by atoms with Crippen molar-refractivity contribution in [2.45, 2.75) is 11.8 Å². The van der Waals surface area contributed by atoms with Gasteiger partial charge in [-0.2, -0.15) is 0 Å². The number of alkyl halides is 1. The molecule has 0 aliphatic rings. The number of thiazole rings is 1. The minimum Gasteiger partial charge on any atom is -0.248 e. The first-order chi connectivity index (χ1) is 9.88. The van der Waals surface area contributed by atoms with Crippen LogP contribution in [0.25, 0.3) is 0 Å². The highest BCUT2D eigenvalue weighted by atomic mass is 35.5. The van der Waals surface area contributed by atoms with E-state index in [1.165, 1.54) is 11.1 Å². The van der Waals surface area contributed by atoms with E-state index in [4.69, 9.17) is 11.6 Å². The summed E-state index contributed by atoms with van der Waals surface area (Å²) in [6.07, 6.45) is 1.88. The first kappa shape index (κ1) is 13.3. The third-order valence-corrected chi connectivity index (χ3v) is 4.72. The van der Waals surface area contributed by atoms with Crippen molar-refractivity contribution >= 4 is 22.9 Å². The number of aromatic nitrogens is 1. The van der Waals surface area contributed by atoms with Crippen LogP contribution in [-0.2, 0) is 5.88 Å². The first-order valence-corrected chi connectivity index (χ1v) is 7.84. The van der Waals surface area contributed by atoms with Crippen molar-refractivity contribution in [1.29, 1.82) is 0 Å². The van der Waals surface area contributed by atoms with Crippen molar-refractivity contribution in [3.8, 4) is 0 Å². The summed E-state index contributed by atoms with van der Waals surface area (Å²) < 4.78 is 0. The summed E-state index contributed by atoms with van der Waals surface area (Å²) in [5.74, 6) is 0.702. The van der Waals surface area contributed by atoms with Crippen molar-refractivity contribution < 1.29 is 0 Å². The fraction of sp³-hybridized carbons (Fsp3) is 0.118. The minimum atomic E-state index is 0.180. The monoisotopic (exact) mass is 299 g/mol. The normalized spacial score (nSPS) is 10.9. The minimum absolute atomic E-state index is 0.180. The molecule has 0 saturated heterocycles. The summed E-state index contributed by atoms with van der Waals surface area (Å²) in [6.45, 7) is 0. The van der Waals surface area contributed by atoms with Gasteiger partial charge in [0.05, 0.1) is 11.8 Å². The molecular formula is C17H14ClNS. The van der Waals surface area contributed by atoms with E-state index in [-0.39, 0.29) is 5.92 Å². The van der Waals surface area contributed by atoms with Crippen LogP contribution in [0.4, 0.5) is 0 Å². The molecule has 0 fully saturated rings. The Morgan fingerprint density at radius 2 is 1.45 bits per heavy atom. The van der Waals surface area contributed by atoms with Gasteiger partial charge in [0, 0.05) is 11.1 Å². The second-order valence-electron chi connectivity index (χ2n) is 4.55. The van der Waals surface area contributed by atoms with E-state index < -0.39 is 0 Å². The molecule has 1 nitrogen and oxygen atoms in total. The Balaban J connectivity index is 2.09. The summed E-state index contributed by atoms with van der Waals surface area (Å²) in [5, 5.41) is 1.10. The Kier molecular flexibility index (Phi) is 4.14. The highest BCUT2D eigenvalue weighted by Gasteiger charge is 2.19. The molecule has 2 aromatic carbocycles. The highest BCUT2D eigenvalue weighted by Crippen LogP contribution is 2.34. The molecular weight excluding hydrogens is 286 g/mol. The zero-order valence-corrected chi connectivity index (χ0v) is 12.4. The van der Waals surface area contributed by atoms with Crippen LogP contribution in [0.1, 0.15) is 26.9 Å². The Labute approximate surface area is 127 Å². The second kappa shape index (κ2) is 6.21. The van der Waals surface area contributed by atoms with E-state index >= 15 is 0 Å². The van der Waals surface area contributed by atoms with Crippen LogP contribution in [0.15, 0.2) is 66.9 Å². The highest BCUT2D eigenvalue weighted by molar-refractivity contribution is 7.11. The maximum absolute atomic E-state index is 5.91. The number of hydrogen-bond acceptors (Lipinski definition) is 2. The fourth-order valence-corrected chi connectivity index (χ4v) is 3.44. The molecule has 1 heterocycles. The van der Waals surface area contributed by atoms with Gasteiger partial charge in [-0.05, 0) is 11.1 Å². The molecule has 0 radical (unpaired) electrons. The predicted molar refractivity (Wildman–Crippen MR) is 85.5 cm³/mol. The lowest BCUT2D eigenvalue weighted by Crippen LogP contribution is -2.02. The predicted octanol–water partition coefficient (Wildman–Crippen LogP) is 5.06. The topological polar surface area (TPSA) is 12.9 Å². The van der Waals surface area contributed by atoms with Crippen LogP contribution in [-0.4, -0.2) is 4.98 Å². The molecule has 0 spiro atoms. The molecule has 0 aliphatic carbocycles. The van der Waals surface area contributed by atoms with Crippen molar-refractivity contribution in [2.24, 2.45) is 0 Å². The molecule has 3 heteroatoms. The van der Waals surface area contributed by atoms with Gasteiger partial charge in [-0.3, -0.25) is 0 Å². The molecule has 3 rings (SSSR count). The van der Waals surface area contributed by atoms with Crippen LogP contribution >= 0.6 is 22.9 Å². The van der Waals surface area contributed by atoms with Crippen LogP contribution < -0.4 is 0 Å². The van der Waals surface area contributed by atoms with Gasteiger partial charge in [0.15, 0.2) is 0 Å². The van der Waals surface area contributed by atoms with Crippen molar-refractivity contribution in [2.75, 3.05) is 0 Å². The summed E-state index contributed by atoms with van der Waals surface area (Å²) >= 11 is 7.59. The van der Waals surface area contributed by atoms with Crippen molar-refractivity contribution in [1.82, 2.24) is 4.98 Å². The Hall–Kier alpha value is -1.64. The van der Waals surface area contributed by atoms with Gasteiger partial charge in [0.2, 0.25) is 0 Å². The zero-order chi connectivity index (χ0) is 13.8. The summed E-state index contributed by atoms with van der Waals surface area (Å²) in [6, 6.07) is 21.0. The van der Waals surface area contributed by atoms with Gasteiger partial charge in [-0.25, -0.2) is 4.98 Å². The van der Waals surface area contributed by atoms with Gasteiger partial charge in [-0.1, -0.05) is 60.7 Å². The molecule has 0 atom stereocenters. The van der Waals surface area contributed by atoms with Gasteiger partial charge in [0.25, 0.3) is 0 Å². The van der Waals surface area contributed by atoms with Gasteiger partial charge >= 0.3 is 0 Å². The lowest BCUT2D eigenvalue weighted by Gasteiger charge is -2.15. The van der Waals surface area contributed by atoms with Gasteiger partial charge < -0.3 is 0 Å². The maximum Gasteiger partial charge on any atom is 0.105 e. The molecule has 3 aromatic rings. The number of hydrogen-bond donors (Lipinski definition) is 0. The van der Waals surface area contributed by atoms with Crippen LogP contribution in [0.2, 0.25) is 0 Å². The summed E-state index contributed by atoms with van der Waals surface area (Å²) in [5.41, 5.74) is 2.52. The van der Waals surface area contributed by atoms with Crippen LogP contribution in [0.3, 0.4) is 0 Å². The fourth-order valence-electron chi connectivity index (χ4n) is 2.29. The van der Waals surface area contributed by atoms with E-state index in [2.05, 4.69) is 53.5 Å². The Bertz CT molecular complexity index is 624. The molecule has 20 heavy (non-hydrogen) atoms. The molecule has 100 valence electrons. The van der Waals surface area contributed by atoms with Crippen LogP contribution in [0.5, 0.6) is 0 Å². The number of rotatable bonds is 4. The van der Waals surface area contributed by atoms with Crippen molar-refractivity contribution in [3.63, 3.8) is 0 Å². The maximum atomic E-state index is 5.91. The Morgan fingerprint density at radius 3 is 1.90 bits per heavy atom. The standard InChI is InChI=1S/C17H14ClNS/c18-11-15-12-19-17(20-15)16(13-7-3-1-4-8-13)14-9-5-2-6-10-14/h1-10,12,16H,11H2. The van der Waals surface area contributed by atoms with Crippen molar-refractivity contribution in [3.05, 3.63) is 87.9 Å². The van der Waals surface area contributed by atoms with E-state index in [0.29, 0.717) is 5.88 Å². The number of nitrogens with zero attached hydrogens (tertiary/aromatic N) is 1. The molecule has 0 amide bonds. The molecule has 0 unspecified atom stereocenters.